The van der Waals surface area contributed by atoms with E-state index in [4.69, 9.17) is 0 Å². The zero-order valence-corrected chi connectivity index (χ0v) is 16.6. The van der Waals surface area contributed by atoms with Crippen LogP contribution in [0.15, 0.2) is 91.0 Å². The zero-order valence-electron chi connectivity index (χ0n) is 16.6. The summed E-state index contributed by atoms with van der Waals surface area (Å²) >= 11 is 0. The van der Waals surface area contributed by atoms with Crippen LogP contribution in [0.5, 0.6) is 0 Å². The summed E-state index contributed by atoms with van der Waals surface area (Å²) in [6.07, 6.45) is 0. The third-order valence-electron chi connectivity index (χ3n) is 5.99. The first-order valence-corrected chi connectivity index (χ1v) is 10.3. The second-order valence-electron chi connectivity index (χ2n) is 7.82. The Labute approximate surface area is 178 Å². The van der Waals surface area contributed by atoms with Gasteiger partial charge < -0.3 is 4.98 Å². The molecule has 4 heteroatoms. The van der Waals surface area contributed by atoms with Gasteiger partial charge in [-0.3, -0.25) is 14.5 Å². The van der Waals surface area contributed by atoms with Crippen LogP contribution in [-0.2, 0) is 6.54 Å². The Kier molecular flexibility index (Phi) is 3.80. The first kappa shape index (κ1) is 17.7. The third kappa shape index (κ3) is 2.62. The maximum Gasteiger partial charge on any atom is 0.262 e. The fourth-order valence-corrected chi connectivity index (χ4v) is 4.55. The van der Waals surface area contributed by atoms with Crippen LogP contribution in [0.4, 0.5) is 0 Å². The normalized spacial score (nSPS) is 13.4. The van der Waals surface area contributed by atoms with Gasteiger partial charge in [-0.2, -0.15) is 0 Å². The number of aromatic amines is 1. The molecule has 5 aromatic rings. The van der Waals surface area contributed by atoms with Gasteiger partial charge in [0, 0.05) is 21.9 Å². The molecule has 2 heterocycles. The third-order valence-corrected chi connectivity index (χ3v) is 5.99. The van der Waals surface area contributed by atoms with Crippen LogP contribution >= 0.6 is 0 Å². The molecule has 1 aliphatic heterocycles. The van der Waals surface area contributed by atoms with E-state index >= 15 is 0 Å². The Balaban J connectivity index is 1.63. The molecule has 0 fully saturated rings. The zero-order chi connectivity index (χ0) is 20.9. The highest BCUT2D eigenvalue weighted by atomic mass is 16.2. The molecule has 0 saturated carbocycles. The number of benzene rings is 4. The summed E-state index contributed by atoms with van der Waals surface area (Å²) in [6, 6.07) is 29.4. The molecule has 0 spiro atoms. The lowest BCUT2D eigenvalue weighted by Crippen LogP contribution is -2.29. The average molecular weight is 402 g/mol. The predicted octanol–water partition coefficient (Wildman–Crippen LogP) is 5.78. The van der Waals surface area contributed by atoms with Crippen molar-refractivity contribution in [3.05, 3.63) is 108 Å². The monoisotopic (exact) mass is 402 g/mol. The molecule has 1 aliphatic rings. The van der Waals surface area contributed by atoms with Crippen molar-refractivity contribution in [1.82, 2.24) is 9.88 Å². The largest absolute Gasteiger partial charge is 0.354 e. The number of fused-ring (bicyclic) bond motifs is 5. The number of para-hydroxylation sites is 1. The minimum atomic E-state index is -0.242. The van der Waals surface area contributed by atoms with E-state index in [0.717, 1.165) is 38.5 Å². The minimum Gasteiger partial charge on any atom is -0.354 e. The van der Waals surface area contributed by atoms with Gasteiger partial charge in [0.1, 0.15) is 0 Å². The smallest absolute Gasteiger partial charge is 0.262 e. The summed E-state index contributed by atoms with van der Waals surface area (Å²) in [6.45, 7) is 0.262. The molecule has 0 unspecified atom stereocenters. The highest BCUT2D eigenvalue weighted by Crippen LogP contribution is 2.41. The second-order valence-corrected chi connectivity index (χ2v) is 7.82. The number of imide groups is 1. The molecule has 2 amide bonds. The van der Waals surface area contributed by atoms with Gasteiger partial charge in [0.15, 0.2) is 0 Å². The molecule has 0 saturated heterocycles. The van der Waals surface area contributed by atoms with E-state index in [2.05, 4.69) is 4.98 Å². The van der Waals surface area contributed by atoms with Crippen molar-refractivity contribution in [2.75, 3.05) is 0 Å². The minimum absolute atomic E-state index is 0.238. The van der Waals surface area contributed by atoms with Crippen molar-refractivity contribution < 1.29 is 9.59 Å². The van der Waals surface area contributed by atoms with E-state index in [1.54, 1.807) is 0 Å². The van der Waals surface area contributed by atoms with E-state index in [9.17, 15) is 9.59 Å². The fraction of sp³-hybridized carbons (Fsp3) is 0.0370. The number of carbonyl (C=O) groups is 2. The molecule has 4 nitrogen and oxygen atoms in total. The number of carbonyl (C=O) groups excluding carboxylic acids is 2. The molecule has 4 aromatic carbocycles. The average Bonchev–Trinajstić information content (AvgIpc) is 3.31. The number of H-pyrrole nitrogens is 1. The van der Waals surface area contributed by atoms with Crippen LogP contribution in [-0.4, -0.2) is 21.7 Å². The van der Waals surface area contributed by atoms with Crippen molar-refractivity contribution in [2.24, 2.45) is 0 Å². The van der Waals surface area contributed by atoms with Gasteiger partial charge in [0.25, 0.3) is 11.8 Å². The number of nitrogens with one attached hydrogen (secondary N) is 1. The molecule has 0 atom stereocenters. The Morgan fingerprint density at radius 1 is 0.710 bits per heavy atom. The van der Waals surface area contributed by atoms with Crippen molar-refractivity contribution in [3.63, 3.8) is 0 Å². The topological polar surface area (TPSA) is 53.2 Å². The van der Waals surface area contributed by atoms with Crippen LogP contribution in [0, 0.1) is 0 Å². The lowest BCUT2D eigenvalue weighted by atomic mass is 9.95. The summed E-state index contributed by atoms with van der Waals surface area (Å²) in [5.74, 6) is -0.480. The van der Waals surface area contributed by atoms with E-state index in [-0.39, 0.29) is 18.4 Å². The van der Waals surface area contributed by atoms with Gasteiger partial charge in [-0.15, -0.1) is 0 Å². The molecule has 1 N–H and O–H groups in total. The van der Waals surface area contributed by atoms with Gasteiger partial charge in [-0.1, -0.05) is 78.9 Å². The summed E-state index contributed by atoms with van der Waals surface area (Å²) in [4.78, 5) is 31.7. The molecule has 0 radical (unpaired) electrons. The first-order valence-electron chi connectivity index (χ1n) is 10.3. The van der Waals surface area contributed by atoms with Gasteiger partial charge in [0.2, 0.25) is 0 Å². The highest BCUT2D eigenvalue weighted by Gasteiger charge is 2.38. The van der Waals surface area contributed by atoms with Gasteiger partial charge in [-0.25, -0.2) is 0 Å². The standard InChI is InChI=1S/C27H18N2O2/c30-26-21-15-20(18-11-5-2-6-12-18)25-23(19-13-7-8-14-22(19)28-25)24(21)27(31)29(26)16-17-9-3-1-4-10-17/h1-15,28H,16H2. The Hall–Kier alpha value is -4.18. The number of hydrogen-bond donors (Lipinski definition) is 1. The molecule has 148 valence electrons. The number of nitrogens with zero attached hydrogens (tertiary/aromatic N) is 1. The summed E-state index contributed by atoms with van der Waals surface area (Å²) in [7, 11) is 0. The van der Waals surface area contributed by atoms with Crippen LogP contribution in [0.3, 0.4) is 0 Å². The maximum atomic E-state index is 13.5. The highest BCUT2D eigenvalue weighted by molar-refractivity contribution is 6.31. The second kappa shape index (κ2) is 6.67. The molecular weight excluding hydrogens is 384 g/mol. The van der Waals surface area contributed by atoms with Crippen molar-refractivity contribution in [1.29, 1.82) is 0 Å². The van der Waals surface area contributed by atoms with Gasteiger partial charge in [0.05, 0.1) is 23.2 Å². The molecule has 0 bridgehead atoms. The van der Waals surface area contributed by atoms with Crippen molar-refractivity contribution in [3.8, 4) is 11.1 Å². The van der Waals surface area contributed by atoms with Crippen LogP contribution in [0.25, 0.3) is 32.9 Å². The fourth-order valence-electron chi connectivity index (χ4n) is 4.55. The number of amides is 2. The van der Waals surface area contributed by atoms with Crippen LogP contribution < -0.4 is 0 Å². The van der Waals surface area contributed by atoms with Crippen molar-refractivity contribution >= 4 is 33.6 Å². The maximum absolute atomic E-state index is 13.5. The number of rotatable bonds is 3. The Morgan fingerprint density at radius 3 is 2.16 bits per heavy atom. The first-order chi connectivity index (χ1) is 15.2. The summed E-state index contributed by atoms with van der Waals surface area (Å²) in [5.41, 5.74) is 5.65. The van der Waals surface area contributed by atoms with Crippen LogP contribution in [0.2, 0.25) is 0 Å². The predicted molar refractivity (Wildman–Crippen MR) is 122 cm³/mol. The number of hydrogen-bond acceptors (Lipinski definition) is 2. The van der Waals surface area contributed by atoms with Crippen molar-refractivity contribution in [2.45, 2.75) is 6.54 Å². The lowest BCUT2D eigenvalue weighted by molar-refractivity contribution is 0.0643. The lowest BCUT2D eigenvalue weighted by Gasteiger charge is -2.13. The summed E-state index contributed by atoms with van der Waals surface area (Å²) < 4.78 is 0. The molecule has 0 aliphatic carbocycles. The summed E-state index contributed by atoms with van der Waals surface area (Å²) in [5, 5.41) is 1.77. The molecule has 6 rings (SSSR count). The number of aromatic nitrogens is 1. The molecule has 31 heavy (non-hydrogen) atoms. The quantitative estimate of drug-likeness (QED) is 0.389. The van der Waals surface area contributed by atoms with E-state index in [0.29, 0.717) is 11.1 Å². The van der Waals surface area contributed by atoms with Gasteiger partial charge >= 0.3 is 0 Å². The van der Waals surface area contributed by atoms with E-state index in [1.807, 2.05) is 91.0 Å². The molecule has 1 aromatic heterocycles. The van der Waals surface area contributed by atoms with Gasteiger partial charge in [-0.05, 0) is 23.3 Å². The van der Waals surface area contributed by atoms with E-state index in [1.165, 1.54) is 4.90 Å². The Bertz CT molecular complexity index is 1480. The SMILES string of the molecule is O=C1c2cc(-c3ccccc3)c3[nH]c4ccccc4c3c2C(=O)N1Cc1ccccc1. The Morgan fingerprint density at radius 2 is 1.39 bits per heavy atom. The molecular formula is C27H18N2O2. The van der Waals surface area contributed by atoms with Crippen LogP contribution in [0.1, 0.15) is 26.3 Å². The van der Waals surface area contributed by atoms with E-state index < -0.39 is 0 Å².